The number of nitrogens with two attached hydrogens (primary N) is 1. The van der Waals surface area contributed by atoms with Crippen molar-refractivity contribution >= 4 is 41.6 Å². The zero-order valence-corrected chi connectivity index (χ0v) is 20.2. The molecule has 0 spiro atoms. The maximum absolute atomic E-state index is 14.9. The van der Waals surface area contributed by atoms with Gasteiger partial charge in [0, 0.05) is 36.1 Å². The molecule has 1 aliphatic carbocycles. The van der Waals surface area contributed by atoms with Gasteiger partial charge in [0.1, 0.15) is 5.82 Å². The largest absolute Gasteiger partial charge is 0.359 e. The molecule has 33 heavy (non-hydrogen) atoms. The summed E-state index contributed by atoms with van der Waals surface area (Å²) < 4.78 is 14.9. The number of halogens is 2. The number of carbonyl (C=O) groups is 2. The highest BCUT2D eigenvalue weighted by Gasteiger charge is 2.36. The molecule has 4 N–H and O–H groups in total. The Hall–Kier alpha value is -2.64. The van der Waals surface area contributed by atoms with Gasteiger partial charge in [0.05, 0.1) is 16.8 Å². The number of anilines is 1. The average Bonchev–Trinajstić information content (AvgIpc) is 3.19. The van der Waals surface area contributed by atoms with E-state index in [4.69, 9.17) is 5.73 Å². The lowest BCUT2D eigenvalue weighted by Gasteiger charge is -2.30. The lowest BCUT2D eigenvalue weighted by atomic mass is 9.86. The predicted octanol–water partition coefficient (Wildman–Crippen LogP) is 4.35. The fourth-order valence-corrected chi connectivity index (χ4v) is 4.79. The molecule has 2 aromatic rings. The van der Waals surface area contributed by atoms with Crippen LogP contribution in [0.25, 0.3) is 11.6 Å². The first-order valence-electron chi connectivity index (χ1n) is 11.4. The Balaban J connectivity index is 0.00000306. The maximum atomic E-state index is 14.9. The van der Waals surface area contributed by atoms with Crippen molar-refractivity contribution in [3.05, 3.63) is 52.1 Å². The van der Waals surface area contributed by atoms with Gasteiger partial charge in [-0.05, 0) is 82.2 Å². The van der Waals surface area contributed by atoms with Crippen LogP contribution in [-0.4, -0.2) is 35.9 Å². The number of hydrogen-bond acceptors (Lipinski definition) is 3. The summed E-state index contributed by atoms with van der Waals surface area (Å²) in [6.07, 6.45) is 5.59. The summed E-state index contributed by atoms with van der Waals surface area (Å²) in [4.78, 5) is 30.9. The van der Waals surface area contributed by atoms with Crippen molar-refractivity contribution in [3.8, 4) is 0 Å². The monoisotopic (exact) mass is 474 g/mol. The summed E-state index contributed by atoms with van der Waals surface area (Å²) >= 11 is 0. The van der Waals surface area contributed by atoms with Crippen LogP contribution in [0.4, 0.5) is 10.1 Å². The van der Waals surface area contributed by atoms with Gasteiger partial charge in [0.25, 0.3) is 11.8 Å². The summed E-state index contributed by atoms with van der Waals surface area (Å²) in [5.41, 5.74) is 10.4. The number of carbonyl (C=O) groups excluding carboxylic acids is 2. The van der Waals surface area contributed by atoms with Crippen molar-refractivity contribution in [2.75, 3.05) is 18.0 Å². The Labute approximate surface area is 200 Å². The summed E-state index contributed by atoms with van der Waals surface area (Å²) in [7, 11) is 0. The van der Waals surface area contributed by atoms with Crippen molar-refractivity contribution in [1.29, 1.82) is 0 Å². The van der Waals surface area contributed by atoms with E-state index in [0.29, 0.717) is 35.8 Å². The Bertz CT molecular complexity index is 1090. The quantitative estimate of drug-likeness (QED) is 0.563. The van der Waals surface area contributed by atoms with Crippen LogP contribution >= 0.6 is 12.4 Å². The van der Waals surface area contributed by atoms with Crippen LogP contribution in [-0.2, 0) is 4.79 Å². The van der Waals surface area contributed by atoms with E-state index in [-0.39, 0.29) is 29.9 Å². The van der Waals surface area contributed by atoms with Gasteiger partial charge in [-0.2, -0.15) is 0 Å². The first kappa shape index (κ1) is 25.0. The molecular formula is C25H32ClFN4O2. The van der Waals surface area contributed by atoms with E-state index in [2.05, 4.69) is 10.3 Å². The number of nitrogens with zero attached hydrogens (tertiary/aromatic N) is 1. The average molecular weight is 475 g/mol. The van der Waals surface area contributed by atoms with Gasteiger partial charge in [-0.3, -0.25) is 9.59 Å². The molecule has 1 aromatic carbocycles. The molecule has 1 fully saturated rings. The zero-order chi connectivity index (χ0) is 23.0. The van der Waals surface area contributed by atoms with E-state index in [0.717, 1.165) is 42.6 Å². The second-order valence-corrected chi connectivity index (χ2v) is 9.01. The molecule has 8 heteroatoms. The number of nitrogens with one attached hydrogen (secondary N) is 2. The number of hydrogen-bond donors (Lipinski definition) is 3. The van der Waals surface area contributed by atoms with Crippen molar-refractivity contribution in [2.45, 2.75) is 52.5 Å². The molecule has 2 amide bonds. The molecule has 0 radical (unpaired) electrons. The van der Waals surface area contributed by atoms with Crippen molar-refractivity contribution < 1.29 is 14.0 Å². The summed E-state index contributed by atoms with van der Waals surface area (Å²) in [5, 5.41) is 2.65. The molecule has 0 bridgehead atoms. The van der Waals surface area contributed by atoms with Crippen LogP contribution in [0.3, 0.4) is 0 Å². The van der Waals surface area contributed by atoms with Gasteiger partial charge in [-0.15, -0.1) is 12.4 Å². The highest BCUT2D eigenvalue weighted by Crippen LogP contribution is 2.41. The minimum atomic E-state index is -0.627. The van der Waals surface area contributed by atoms with E-state index < -0.39 is 11.7 Å². The van der Waals surface area contributed by atoms with Crippen LogP contribution in [0.1, 0.15) is 65.5 Å². The molecule has 0 saturated heterocycles. The van der Waals surface area contributed by atoms with Crippen LogP contribution in [0.5, 0.6) is 0 Å². The predicted molar refractivity (Wildman–Crippen MR) is 132 cm³/mol. The molecule has 2 aliphatic rings. The van der Waals surface area contributed by atoms with E-state index in [1.807, 2.05) is 19.9 Å². The number of amides is 2. The standard InChI is InChI=1S/C25H31FN4O2.ClH/c1-4-28-24(31)20-12-23-18(10-21(20)26)19(11-22-14(2)9-15(3)29-22)25(32)30(23)13-16-5-7-17(27)8-6-16;/h9-12,16-17,29H,4-8,13,27H2,1-3H3,(H,28,31);1H/b19-11-;. The third-order valence-corrected chi connectivity index (χ3v) is 6.53. The van der Waals surface area contributed by atoms with Gasteiger partial charge < -0.3 is 20.9 Å². The molecule has 178 valence electrons. The van der Waals surface area contributed by atoms with Crippen LogP contribution in [0.15, 0.2) is 18.2 Å². The molecular weight excluding hydrogens is 443 g/mol. The smallest absolute Gasteiger partial charge is 0.259 e. The SMILES string of the molecule is CCNC(=O)c1cc2c(cc1F)/C(=C/c1[nH]c(C)cc1C)C(=O)N2CC1CCC(N)CC1.Cl. The maximum Gasteiger partial charge on any atom is 0.259 e. The topological polar surface area (TPSA) is 91.2 Å². The Morgan fingerprint density at radius 2 is 1.94 bits per heavy atom. The number of aromatic nitrogens is 1. The highest BCUT2D eigenvalue weighted by molar-refractivity contribution is 6.36. The molecule has 1 saturated carbocycles. The molecule has 0 atom stereocenters. The Morgan fingerprint density at radius 1 is 1.24 bits per heavy atom. The lowest BCUT2D eigenvalue weighted by Crippen LogP contribution is -2.36. The zero-order valence-electron chi connectivity index (χ0n) is 19.3. The Kier molecular flexibility index (Phi) is 7.65. The first-order chi connectivity index (χ1) is 15.3. The minimum absolute atomic E-state index is 0. The van der Waals surface area contributed by atoms with E-state index in [1.54, 1.807) is 17.9 Å². The number of rotatable bonds is 5. The van der Waals surface area contributed by atoms with Crippen molar-refractivity contribution in [1.82, 2.24) is 10.3 Å². The van der Waals surface area contributed by atoms with Gasteiger partial charge in [0.2, 0.25) is 0 Å². The third-order valence-electron chi connectivity index (χ3n) is 6.53. The van der Waals surface area contributed by atoms with Crippen LogP contribution in [0, 0.1) is 25.6 Å². The fraction of sp³-hybridized carbons (Fsp3) is 0.440. The van der Waals surface area contributed by atoms with Crippen LogP contribution < -0.4 is 16.0 Å². The number of aryl methyl sites for hydroxylation is 2. The second kappa shape index (κ2) is 10.1. The normalized spacial score (nSPS) is 21.2. The summed E-state index contributed by atoms with van der Waals surface area (Å²) in [6.45, 7) is 6.65. The molecule has 4 rings (SSSR count). The van der Waals surface area contributed by atoms with Crippen LogP contribution in [0.2, 0.25) is 0 Å². The van der Waals surface area contributed by atoms with Crippen molar-refractivity contribution in [3.63, 3.8) is 0 Å². The first-order valence-corrected chi connectivity index (χ1v) is 11.4. The summed E-state index contributed by atoms with van der Waals surface area (Å²) in [5.74, 6) is -0.928. The van der Waals surface area contributed by atoms with Gasteiger partial charge in [-0.25, -0.2) is 4.39 Å². The van der Waals surface area contributed by atoms with Crippen molar-refractivity contribution in [2.24, 2.45) is 11.7 Å². The highest BCUT2D eigenvalue weighted by atomic mass is 35.5. The Morgan fingerprint density at radius 3 is 2.55 bits per heavy atom. The minimum Gasteiger partial charge on any atom is -0.359 e. The van der Waals surface area contributed by atoms with E-state index >= 15 is 0 Å². The fourth-order valence-electron chi connectivity index (χ4n) is 4.79. The molecule has 0 unspecified atom stereocenters. The molecule has 1 aromatic heterocycles. The van der Waals surface area contributed by atoms with E-state index in [9.17, 15) is 14.0 Å². The molecule has 2 heterocycles. The number of fused-ring (bicyclic) bond motifs is 1. The van der Waals surface area contributed by atoms with Gasteiger partial charge in [0.15, 0.2) is 0 Å². The lowest BCUT2D eigenvalue weighted by molar-refractivity contribution is -0.113. The number of H-pyrrole nitrogens is 1. The van der Waals surface area contributed by atoms with Gasteiger partial charge >= 0.3 is 0 Å². The second-order valence-electron chi connectivity index (χ2n) is 9.01. The number of aromatic amines is 1. The van der Waals surface area contributed by atoms with Gasteiger partial charge in [-0.1, -0.05) is 0 Å². The molecule has 1 aliphatic heterocycles. The molecule has 6 nitrogen and oxygen atoms in total. The third kappa shape index (κ3) is 4.99. The number of benzene rings is 1. The summed E-state index contributed by atoms with van der Waals surface area (Å²) in [6, 6.07) is 5.08. The van der Waals surface area contributed by atoms with E-state index in [1.165, 1.54) is 12.1 Å².